The Labute approximate surface area is 89.3 Å². The Morgan fingerprint density at radius 3 is 2.80 bits per heavy atom. The fourth-order valence-electron chi connectivity index (χ4n) is 1.45. The van der Waals surface area contributed by atoms with Crippen LogP contribution in [0.1, 0.15) is 12.8 Å². The minimum absolute atomic E-state index is 0.113. The fraction of sp³-hybridized carbons (Fsp3) is 0.545. The van der Waals surface area contributed by atoms with Crippen LogP contribution < -0.4 is 10.1 Å². The molecule has 0 unspecified atom stereocenters. The van der Waals surface area contributed by atoms with Gasteiger partial charge in [-0.25, -0.2) is 4.98 Å². The average molecular weight is 208 g/mol. The maximum atomic E-state index is 9.14. The molecule has 0 bridgehead atoms. The molecule has 1 fully saturated rings. The van der Waals surface area contributed by atoms with E-state index in [1.54, 1.807) is 13.3 Å². The van der Waals surface area contributed by atoms with Crippen molar-refractivity contribution in [3.05, 3.63) is 18.3 Å². The summed E-state index contributed by atoms with van der Waals surface area (Å²) < 4.78 is 5.02. The van der Waals surface area contributed by atoms with Gasteiger partial charge in [-0.05, 0) is 25.0 Å². The molecule has 15 heavy (non-hydrogen) atoms. The number of pyridine rings is 1. The lowest BCUT2D eigenvalue weighted by atomic mass is 10.1. The van der Waals surface area contributed by atoms with Gasteiger partial charge in [-0.1, -0.05) is 0 Å². The Morgan fingerprint density at radius 1 is 1.53 bits per heavy atom. The fourth-order valence-corrected chi connectivity index (χ4v) is 1.45. The van der Waals surface area contributed by atoms with E-state index in [0.29, 0.717) is 0 Å². The van der Waals surface area contributed by atoms with Crippen LogP contribution in [0.15, 0.2) is 18.3 Å². The molecule has 1 aliphatic rings. The van der Waals surface area contributed by atoms with E-state index in [4.69, 9.17) is 9.84 Å². The summed E-state index contributed by atoms with van der Waals surface area (Å²) in [6, 6.07) is 3.75. The van der Waals surface area contributed by atoms with Crippen molar-refractivity contribution in [3.8, 4) is 5.75 Å². The summed E-state index contributed by atoms with van der Waals surface area (Å²) in [4.78, 5) is 4.20. The van der Waals surface area contributed by atoms with E-state index in [-0.39, 0.29) is 12.0 Å². The minimum Gasteiger partial charge on any atom is -0.495 e. The van der Waals surface area contributed by atoms with Crippen LogP contribution in [0.4, 0.5) is 5.82 Å². The Balaban J connectivity index is 1.88. The molecule has 0 radical (unpaired) electrons. The summed E-state index contributed by atoms with van der Waals surface area (Å²) in [6.07, 6.45) is 3.89. The zero-order chi connectivity index (χ0) is 10.7. The highest BCUT2D eigenvalue weighted by atomic mass is 16.5. The molecule has 0 aromatic carbocycles. The summed E-state index contributed by atoms with van der Waals surface area (Å²) in [5, 5.41) is 12.4. The standard InChI is InChI=1S/C11H16N2O2/c1-15-9-2-3-10(12-6-9)13-7-11(8-14)4-5-11/h2-3,6,14H,4-5,7-8H2,1H3,(H,12,13). The first kappa shape index (κ1) is 10.2. The molecule has 1 aromatic heterocycles. The number of rotatable bonds is 5. The van der Waals surface area contributed by atoms with Crippen LogP contribution >= 0.6 is 0 Å². The third-order valence-corrected chi connectivity index (χ3v) is 2.91. The highest BCUT2D eigenvalue weighted by molar-refractivity contribution is 5.38. The largest absolute Gasteiger partial charge is 0.495 e. The molecule has 1 aromatic rings. The molecule has 1 heterocycles. The van der Waals surface area contributed by atoms with Crippen LogP contribution in [0, 0.1) is 5.41 Å². The lowest BCUT2D eigenvalue weighted by molar-refractivity contribution is 0.219. The van der Waals surface area contributed by atoms with Gasteiger partial charge in [-0.2, -0.15) is 0 Å². The Morgan fingerprint density at radius 2 is 2.33 bits per heavy atom. The van der Waals surface area contributed by atoms with Crippen LogP contribution in [0.2, 0.25) is 0 Å². The second kappa shape index (κ2) is 4.06. The molecular formula is C11H16N2O2. The normalized spacial score (nSPS) is 17.2. The van der Waals surface area contributed by atoms with Gasteiger partial charge in [-0.3, -0.25) is 0 Å². The first-order valence-corrected chi connectivity index (χ1v) is 5.13. The molecular weight excluding hydrogens is 192 g/mol. The maximum absolute atomic E-state index is 9.14. The predicted octanol–water partition coefficient (Wildman–Crippen LogP) is 1.27. The summed E-state index contributed by atoms with van der Waals surface area (Å²) in [5.74, 6) is 1.58. The van der Waals surface area contributed by atoms with Crippen molar-refractivity contribution in [1.29, 1.82) is 0 Å². The Bertz CT molecular complexity index is 320. The van der Waals surface area contributed by atoms with Crippen molar-refractivity contribution in [2.75, 3.05) is 25.6 Å². The zero-order valence-corrected chi connectivity index (χ0v) is 8.86. The van der Waals surface area contributed by atoms with Crippen molar-refractivity contribution >= 4 is 5.82 Å². The average Bonchev–Trinajstić information content (AvgIpc) is 3.08. The van der Waals surface area contributed by atoms with E-state index < -0.39 is 0 Å². The molecule has 0 amide bonds. The molecule has 0 atom stereocenters. The quantitative estimate of drug-likeness (QED) is 0.765. The van der Waals surface area contributed by atoms with E-state index in [1.165, 1.54) is 0 Å². The van der Waals surface area contributed by atoms with Crippen molar-refractivity contribution in [2.24, 2.45) is 5.41 Å². The van der Waals surface area contributed by atoms with E-state index in [9.17, 15) is 0 Å². The first-order valence-electron chi connectivity index (χ1n) is 5.13. The van der Waals surface area contributed by atoms with Gasteiger partial charge in [-0.15, -0.1) is 0 Å². The summed E-state index contributed by atoms with van der Waals surface area (Å²) >= 11 is 0. The van der Waals surface area contributed by atoms with Crippen LogP contribution in [0.3, 0.4) is 0 Å². The van der Waals surface area contributed by atoms with Crippen LogP contribution in [0.5, 0.6) is 5.75 Å². The van der Waals surface area contributed by atoms with Gasteiger partial charge in [0.05, 0.1) is 19.9 Å². The number of ether oxygens (including phenoxy) is 1. The number of nitrogens with one attached hydrogen (secondary N) is 1. The number of hydrogen-bond donors (Lipinski definition) is 2. The van der Waals surface area contributed by atoms with E-state index in [1.807, 2.05) is 12.1 Å². The predicted molar refractivity (Wildman–Crippen MR) is 58.0 cm³/mol. The van der Waals surface area contributed by atoms with E-state index in [2.05, 4.69) is 10.3 Å². The van der Waals surface area contributed by atoms with Crippen LogP contribution in [0.25, 0.3) is 0 Å². The summed E-state index contributed by atoms with van der Waals surface area (Å²) in [5.41, 5.74) is 0.113. The molecule has 1 saturated carbocycles. The zero-order valence-electron chi connectivity index (χ0n) is 8.86. The SMILES string of the molecule is COc1ccc(NCC2(CO)CC2)nc1. The number of methoxy groups -OCH3 is 1. The van der Waals surface area contributed by atoms with Crippen molar-refractivity contribution in [3.63, 3.8) is 0 Å². The van der Waals surface area contributed by atoms with Gasteiger partial charge in [0.1, 0.15) is 11.6 Å². The second-order valence-electron chi connectivity index (χ2n) is 4.09. The smallest absolute Gasteiger partial charge is 0.137 e. The van der Waals surface area contributed by atoms with E-state index >= 15 is 0 Å². The van der Waals surface area contributed by atoms with Gasteiger partial charge in [0.2, 0.25) is 0 Å². The molecule has 2 N–H and O–H groups in total. The van der Waals surface area contributed by atoms with Gasteiger partial charge in [0, 0.05) is 12.0 Å². The molecule has 4 nitrogen and oxygen atoms in total. The third kappa shape index (κ3) is 2.39. The van der Waals surface area contributed by atoms with Crippen molar-refractivity contribution in [1.82, 2.24) is 4.98 Å². The van der Waals surface area contributed by atoms with Crippen molar-refractivity contribution in [2.45, 2.75) is 12.8 Å². The molecule has 0 saturated heterocycles. The molecule has 2 rings (SSSR count). The Kier molecular flexibility index (Phi) is 2.77. The number of hydrogen-bond acceptors (Lipinski definition) is 4. The third-order valence-electron chi connectivity index (χ3n) is 2.91. The number of aromatic nitrogens is 1. The molecule has 4 heteroatoms. The van der Waals surface area contributed by atoms with Crippen LogP contribution in [-0.2, 0) is 0 Å². The van der Waals surface area contributed by atoms with Gasteiger partial charge >= 0.3 is 0 Å². The molecule has 0 spiro atoms. The van der Waals surface area contributed by atoms with Gasteiger partial charge in [0.25, 0.3) is 0 Å². The van der Waals surface area contributed by atoms with Gasteiger partial charge < -0.3 is 15.2 Å². The lowest BCUT2D eigenvalue weighted by Gasteiger charge is -2.13. The Hall–Kier alpha value is -1.29. The molecule has 0 aliphatic heterocycles. The number of aliphatic hydroxyl groups is 1. The molecule has 1 aliphatic carbocycles. The highest BCUT2D eigenvalue weighted by Crippen LogP contribution is 2.44. The first-order chi connectivity index (χ1) is 7.28. The minimum atomic E-state index is 0.113. The maximum Gasteiger partial charge on any atom is 0.137 e. The van der Waals surface area contributed by atoms with E-state index in [0.717, 1.165) is 31.0 Å². The molecule has 82 valence electrons. The van der Waals surface area contributed by atoms with Crippen molar-refractivity contribution < 1.29 is 9.84 Å². The lowest BCUT2D eigenvalue weighted by Crippen LogP contribution is -2.19. The van der Waals surface area contributed by atoms with Crippen LogP contribution in [-0.4, -0.2) is 30.4 Å². The summed E-state index contributed by atoms with van der Waals surface area (Å²) in [7, 11) is 1.62. The summed E-state index contributed by atoms with van der Waals surface area (Å²) in [6.45, 7) is 1.05. The monoisotopic (exact) mass is 208 g/mol. The number of aliphatic hydroxyl groups excluding tert-OH is 1. The second-order valence-corrected chi connectivity index (χ2v) is 4.09. The van der Waals surface area contributed by atoms with Gasteiger partial charge in [0.15, 0.2) is 0 Å². The number of anilines is 1. The number of nitrogens with zero attached hydrogens (tertiary/aromatic N) is 1. The topological polar surface area (TPSA) is 54.4 Å². The highest BCUT2D eigenvalue weighted by Gasteiger charge is 2.41.